The van der Waals surface area contributed by atoms with Crippen molar-refractivity contribution in [3.63, 3.8) is 0 Å². The van der Waals surface area contributed by atoms with E-state index in [1.54, 1.807) is 121 Å². The van der Waals surface area contributed by atoms with Crippen molar-refractivity contribution < 1.29 is 18.7 Å². The first-order chi connectivity index (χ1) is 22.4. The molecule has 8 nitrogen and oxygen atoms in total. The second-order valence-electron chi connectivity index (χ2n) is 10.4. The molecule has 230 valence electrons. The van der Waals surface area contributed by atoms with Gasteiger partial charge in [-0.2, -0.15) is 10.2 Å². The smallest absolute Gasteiger partial charge is 0.248 e. The predicted octanol–water partition coefficient (Wildman–Crippen LogP) is 4.62. The number of nitrogens with zero attached hydrogens (tertiary/aromatic N) is 2. The lowest BCUT2D eigenvalue weighted by Crippen LogP contribution is -2.28. The Morgan fingerprint density at radius 3 is 1.09 bits per heavy atom. The van der Waals surface area contributed by atoms with Crippen molar-refractivity contribution in [3.8, 4) is 0 Å². The van der Waals surface area contributed by atoms with Crippen LogP contribution in [0, 0.1) is 0 Å². The molecule has 0 aromatic heterocycles. The second kappa shape index (κ2) is 15.2. The molecular formula is C36H32N4O4P2. The van der Waals surface area contributed by atoms with Crippen LogP contribution in [0.4, 0.5) is 0 Å². The van der Waals surface area contributed by atoms with Gasteiger partial charge in [-0.25, -0.2) is 10.9 Å². The minimum Gasteiger partial charge on any atom is -0.313 e. The standard InChI is InChI=1S/C36H32N4O4P2/c41-35(27-45(43,31-16-5-1-6-17-31)32-18-7-2-8-19-32)39-37-25-29-14-13-15-30(24-29)26-38-40-36(42)28-46(44,33-20-9-3-10-21-33)34-22-11-4-12-23-34/h1-26H,27-28H2,(H,39,41)(H,40,42). The predicted molar refractivity (Wildman–Crippen MR) is 187 cm³/mol. The van der Waals surface area contributed by atoms with Crippen molar-refractivity contribution in [2.45, 2.75) is 0 Å². The van der Waals surface area contributed by atoms with E-state index in [-0.39, 0.29) is 12.3 Å². The summed E-state index contributed by atoms with van der Waals surface area (Å²) in [7, 11) is -6.45. The van der Waals surface area contributed by atoms with Crippen LogP contribution in [0.1, 0.15) is 11.1 Å². The van der Waals surface area contributed by atoms with Gasteiger partial charge >= 0.3 is 0 Å². The van der Waals surface area contributed by atoms with E-state index in [0.29, 0.717) is 32.3 Å². The van der Waals surface area contributed by atoms with Crippen LogP contribution in [-0.2, 0) is 18.7 Å². The minimum atomic E-state index is -3.23. The highest BCUT2D eigenvalue weighted by Gasteiger charge is 2.31. The molecular weight excluding hydrogens is 614 g/mol. The molecule has 0 aliphatic rings. The molecule has 0 spiro atoms. The van der Waals surface area contributed by atoms with Crippen molar-refractivity contribution in [2.24, 2.45) is 10.2 Å². The van der Waals surface area contributed by atoms with E-state index >= 15 is 0 Å². The highest BCUT2D eigenvalue weighted by atomic mass is 31.2. The van der Waals surface area contributed by atoms with Gasteiger partial charge in [-0.15, -0.1) is 0 Å². The average molecular weight is 647 g/mol. The summed E-state index contributed by atoms with van der Waals surface area (Å²) in [5, 5.41) is 10.5. The molecule has 0 atom stereocenters. The highest BCUT2D eigenvalue weighted by molar-refractivity contribution is 7.79. The molecule has 0 fully saturated rings. The number of hydrogen-bond donors (Lipinski definition) is 2. The maximum absolute atomic E-state index is 14.1. The third-order valence-electron chi connectivity index (χ3n) is 7.14. The summed E-state index contributed by atoms with van der Waals surface area (Å²) < 4.78 is 28.2. The van der Waals surface area contributed by atoms with E-state index in [9.17, 15) is 18.7 Å². The molecule has 5 aromatic carbocycles. The Bertz CT molecular complexity index is 1710. The lowest BCUT2D eigenvalue weighted by Gasteiger charge is -2.18. The average Bonchev–Trinajstić information content (AvgIpc) is 3.10. The summed E-state index contributed by atoms with van der Waals surface area (Å²) in [4.78, 5) is 25.7. The first-order valence-corrected chi connectivity index (χ1v) is 18.3. The summed E-state index contributed by atoms with van der Waals surface area (Å²) in [5.74, 6) is -0.952. The molecule has 5 aromatic rings. The van der Waals surface area contributed by atoms with Crippen LogP contribution in [0.15, 0.2) is 156 Å². The number of hydrogen-bond acceptors (Lipinski definition) is 6. The first kappa shape index (κ1) is 32.2. The zero-order valence-electron chi connectivity index (χ0n) is 24.8. The van der Waals surface area contributed by atoms with Crippen molar-refractivity contribution in [3.05, 3.63) is 157 Å². The van der Waals surface area contributed by atoms with E-state index in [1.165, 1.54) is 12.4 Å². The molecule has 0 heterocycles. The third kappa shape index (κ3) is 8.10. The van der Waals surface area contributed by atoms with Crippen LogP contribution in [0.3, 0.4) is 0 Å². The Morgan fingerprint density at radius 2 is 0.783 bits per heavy atom. The number of rotatable bonds is 12. The quantitative estimate of drug-likeness (QED) is 0.117. The second-order valence-corrected chi connectivity index (χ2v) is 16.1. The van der Waals surface area contributed by atoms with E-state index in [4.69, 9.17) is 0 Å². The van der Waals surface area contributed by atoms with E-state index in [0.717, 1.165) is 0 Å². The molecule has 5 rings (SSSR count). The molecule has 0 aliphatic carbocycles. The summed E-state index contributed by atoms with van der Waals surface area (Å²) in [6.45, 7) is 0. The normalized spacial score (nSPS) is 11.8. The van der Waals surface area contributed by atoms with Gasteiger partial charge in [-0.1, -0.05) is 140 Å². The number of hydrazone groups is 2. The van der Waals surface area contributed by atoms with Crippen LogP contribution in [0.5, 0.6) is 0 Å². The molecule has 0 saturated carbocycles. The fraction of sp³-hybridized carbons (Fsp3) is 0.0556. The highest BCUT2D eigenvalue weighted by Crippen LogP contribution is 2.43. The maximum Gasteiger partial charge on any atom is 0.248 e. The fourth-order valence-corrected chi connectivity index (χ4v) is 9.78. The van der Waals surface area contributed by atoms with Crippen LogP contribution in [0.2, 0.25) is 0 Å². The topological polar surface area (TPSA) is 117 Å². The van der Waals surface area contributed by atoms with Gasteiger partial charge in [0.05, 0.1) is 24.8 Å². The molecule has 0 saturated heterocycles. The van der Waals surface area contributed by atoms with Crippen LogP contribution in [-0.4, -0.2) is 36.6 Å². The van der Waals surface area contributed by atoms with Gasteiger partial charge in [-0.3, -0.25) is 9.59 Å². The van der Waals surface area contributed by atoms with Gasteiger partial charge in [0.25, 0.3) is 0 Å². The molecule has 2 amide bonds. The van der Waals surface area contributed by atoms with E-state index in [2.05, 4.69) is 21.1 Å². The molecule has 46 heavy (non-hydrogen) atoms. The lowest BCUT2D eigenvalue weighted by atomic mass is 10.1. The van der Waals surface area contributed by atoms with Crippen molar-refractivity contribution >= 4 is 59.7 Å². The summed E-state index contributed by atoms with van der Waals surface area (Å²) in [6, 6.07) is 43.1. The van der Waals surface area contributed by atoms with Gasteiger partial charge < -0.3 is 9.13 Å². The summed E-state index contributed by atoms with van der Waals surface area (Å²) in [6.07, 6.45) is 2.48. The zero-order chi connectivity index (χ0) is 32.2. The van der Waals surface area contributed by atoms with Gasteiger partial charge in [0.2, 0.25) is 11.8 Å². The molecule has 2 N–H and O–H groups in total. The number of amides is 2. The van der Waals surface area contributed by atoms with Crippen LogP contribution >= 0.6 is 14.3 Å². The number of carbonyl (C=O) groups is 2. The van der Waals surface area contributed by atoms with Gasteiger partial charge in [0.1, 0.15) is 0 Å². The lowest BCUT2D eigenvalue weighted by molar-refractivity contribution is -0.119. The first-order valence-electron chi connectivity index (χ1n) is 14.5. The molecule has 0 aliphatic heterocycles. The van der Waals surface area contributed by atoms with Gasteiger partial charge in [0, 0.05) is 21.2 Å². The summed E-state index contributed by atoms with van der Waals surface area (Å²) >= 11 is 0. The largest absolute Gasteiger partial charge is 0.313 e. The SMILES string of the molecule is O=C(CP(=O)(c1ccccc1)c1ccccc1)NN=Cc1cccc(C=NNC(=O)CP(=O)(c2ccccc2)c2ccccc2)c1. The van der Waals surface area contributed by atoms with Crippen molar-refractivity contribution in [1.82, 2.24) is 10.9 Å². The van der Waals surface area contributed by atoms with Gasteiger partial charge in [-0.05, 0) is 17.2 Å². The fourth-order valence-electron chi connectivity index (χ4n) is 4.89. The zero-order valence-corrected chi connectivity index (χ0v) is 26.6. The number of benzene rings is 5. The van der Waals surface area contributed by atoms with Crippen LogP contribution < -0.4 is 32.1 Å². The summed E-state index contributed by atoms with van der Waals surface area (Å²) in [5.41, 5.74) is 6.33. The monoisotopic (exact) mass is 646 g/mol. The van der Waals surface area contributed by atoms with E-state index < -0.39 is 26.1 Å². The Labute approximate surface area is 268 Å². The minimum absolute atomic E-state index is 0.230. The van der Waals surface area contributed by atoms with E-state index in [1.807, 2.05) is 24.3 Å². The molecule has 10 heteroatoms. The Morgan fingerprint density at radius 1 is 0.478 bits per heavy atom. The maximum atomic E-state index is 14.1. The molecule has 0 unspecified atom stereocenters. The molecule has 0 radical (unpaired) electrons. The Balaban J connectivity index is 1.20. The van der Waals surface area contributed by atoms with Crippen molar-refractivity contribution in [1.29, 1.82) is 0 Å². The van der Waals surface area contributed by atoms with Crippen LogP contribution in [0.25, 0.3) is 0 Å². The molecule has 0 bridgehead atoms. The number of nitrogens with one attached hydrogen (secondary N) is 2. The third-order valence-corrected chi connectivity index (χ3v) is 13.1. The Hall–Kier alpha value is -5.16. The number of carbonyl (C=O) groups excluding carboxylic acids is 2. The van der Waals surface area contributed by atoms with Crippen molar-refractivity contribution in [2.75, 3.05) is 12.3 Å². The van der Waals surface area contributed by atoms with Gasteiger partial charge in [0.15, 0.2) is 14.3 Å². The Kier molecular flexibility index (Phi) is 10.7.